The molecule has 1 aliphatic heterocycles. The number of guanidine groups is 1. The molecule has 1 aromatic heterocycles. The van der Waals surface area contributed by atoms with E-state index in [1.807, 2.05) is 12.1 Å². The van der Waals surface area contributed by atoms with Crippen molar-refractivity contribution in [3.8, 4) is 0 Å². The zero-order valence-electron chi connectivity index (χ0n) is 17.9. The van der Waals surface area contributed by atoms with Gasteiger partial charge in [-0.3, -0.25) is 4.90 Å². The molecule has 0 amide bonds. The summed E-state index contributed by atoms with van der Waals surface area (Å²) < 4.78 is 10.9. The van der Waals surface area contributed by atoms with E-state index in [0.717, 1.165) is 37.8 Å². The van der Waals surface area contributed by atoms with E-state index in [4.69, 9.17) is 14.1 Å². The van der Waals surface area contributed by atoms with Crippen LogP contribution in [0.3, 0.4) is 0 Å². The normalized spacial score (nSPS) is 14.5. The average Bonchev–Trinajstić information content (AvgIpc) is 3.44. The highest BCUT2D eigenvalue weighted by atomic mass is 127. The molecule has 0 atom stereocenters. The molecule has 1 saturated heterocycles. The van der Waals surface area contributed by atoms with Crippen LogP contribution in [0.2, 0.25) is 0 Å². The zero-order chi connectivity index (χ0) is 20.2. The van der Waals surface area contributed by atoms with Crippen LogP contribution in [0.5, 0.6) is 0 Å². The van der Waals surface area contributed by atoms with Gasteiger partial charge in [0.1, 0.15) is 12.4 Å². The molecule has 6 nitrogen and oxygen atoms in total. The summed E-state index contributed by atoms with van der Waals surface area (Å²) in [5, 5.41) is 6.68. The molecule has 0 spiro atoms. The van der Waals surface area contributed by atoms with E-state index in [0.29, 0.717) is 19.8 Å². The second-order valence-corrected chi connectivity index (χ2v) is 7.41. The average molecular weight is 526 g/mol. The Morgan fingerprint density at radius 3 is 2.57 bits per heavy atom. The van der Waals surface area contributed by atoms with Gasteiger partial charge in [0.05, 0.1) is 12.8 Å². The lowest BCUT2D eigenvalue weighted by Gasteiger charge is -2.14. The second-order valence-electron chi connectivity index (χ2n) is 7.41. The van der Waals surface area contributed by atoms with Gasteiger partial charge < -0.3 is 19.8 Å². The first-order valence-electron chi connectivity index (χ1n) is 10.8. The molecular weight excluding hydrogens is 491 g/mol. The highest BCUT2D eigenvalue weighted by Gasteiger charge is 2.11. The van der Waals surface area contributed by atoms with Crippen molar-refractivity contribution in [2.75, 3.05) is 32.8 Å². The molecule has 2 aromatic rings. The number of furan rings is 1. The molecule has 0 radical (unpaired) electrons. The third-order valence-corrected chi connectivity index (χ3v) is 4.97. The number of nitrogens with zero attached hydrogens (tertiary/aromatic N) is 2. The van der Waals surface area contributed by atoms with Crippen molar-refractivity contribution >= 4 is 29.9 Å². The number of aliphatic imine (C=N–C) groups is 1. The summed E-state index contributed by atoms with van der Waals surface area (Å²) >= 11 is 0. The molecule has 2 heterocycles. The van der Waals surface area contributed by atoms with Crippen LogP contribution in [0, 0.1) is 0 Å². The molecule has 0 saturated carbocycles. The third kappa shape index (κ3) is 9.06. The number of hydrogen-bond donors (Lipinski definition) is 2. The number of nitrogens with one attached hydrogen (secondary N) is 2. The fraction of sp³-hybridized carbons (Fsp3) is 0.522. The van der Waals surface area contributed by atoms with Crippen molar-refractivity contribution in [1.29, 1.82) is 0 Å². The molecule has 3 rings (SSSR count). The first-order valence-corrected chi connectivity index (χ1v) is 10.8. The minimum atomic E-state index is 0. The van der Waals surface area contributed by atoms with Gasteiger partial charge in [0, 0.05) is 26.2 Å². The minimum absolute atomic E-state index is 0. The van der Waals surface area contributed by atoms with Crippen LogP contribution in [-0.4, -0.2) is 43.6 Å². The predicted molar refractivity (Wildman–Crippen MR) is 132 cm³/mol. The molecule has 1 fully saturated rings. The number of likely N-dealkylation sites (tertiary alicyclic amines) is 1. The first kappa shape index (κ1) is 24.7. The van der Waals surface area contributed by atoms with Crippen LogP contribution >= 0.6 is 24.0 Å². The van der Waals surface area contributed by atoms with Crippen molar-refractivity contribution in [2.24, 2.45) is 4.99 Å². The lowest BCUT2D eigenvalue weighted by Crippen LogP contribution is -2.38. The molecule has 30 heavy (non-hydrogen) atoms. The van der Waals surface area contributed by atoms with Gasteiger partial charge in [-0.05, 0) is 62.5 Å². The number of hydrogen-bond acceptors (Lipinski definition) is 4. The summed E-state index contributed by atoms with van der Waals surface area (Å²) in [7, 11) is 0. The molecule has 1 aromatic carbocycles. The summed E-state index contributed by atoms with van der Waals surface area (Å²) in [6.07, 6.45) is 5.25. The van der Waals surface area contributed by atoms with E-state index in [9.17, 15) is 0 Å². The van der Waals surface area contributed by atoms with E-state index in [-0.39, 0.29) is 24.0 Å². The minimum Gasteiger partial charge on any atom is -0.467 e. The van der Waals surface area contributed by atoms with Gasteiger partial charge >= 0.3 is 0 Å². The summed E-state index contributed by atoms with van der Waals surface area (Å²) in [5.74, 6) is 1.71. The summed E-state index contributed by atoms with van der Waals surface area (Å²) in [6, 6.07) is 12.7. The SMILES string of the molecule is CCNC(=NCc1ccc(CN2CCCC2)cc1)NCCCOCc1ccco1.I. The Morgan fingerprint density at radius 1 is 1.10 bits per heavy atom. The largest absolute Gasteiger partial charge is 0.467 e. The highest BCUT2D eigenvalue weighted by Crippen LogP contribution is 2.13. The van der Waals surface area contributed by atoms with E-state index in [1.54, 1.807) is 6.26 Å². The topological polar surface area (TPSA) is 62.0 Å². The molecular formula is C23H35IN4O2. The van der Waals surface area contributed by atoms with Crippen LogP contribution in [-0.2, 0) is 24.4 Å². The number of rotatable bonds is 11. The number of benzene rings is 1. The maximum Gasteiger partial charge on any atom is 0.191 e. The molecule has 7 heteroatoms. The van der Waals surface area contributed by atoms with Crippen molar-refractivity contribution in [3.05, 3.63) is 59.5 Å². The Bertz CT molecular complexity index is 713. The maximum absolute atomic E-state index is 5.61. The fourth-order valence-electron chi connectivity index (χ4n) is 3.41. The lowest BCUT2D eigenvalue weighted by atomic mass is 10.1. The molecule has 0 unspecified atom stereocenters. The van der Waals surface area contributed by atoms with Gasteiger partial charge in [-0.2, -0.15) is 0 Å². The first-order chi connectivity index (χ1) is 14.3. The van der Waals surface area contributed by atoms with E-state index in [2.05, 4.69) is 46.7 Å². The number of ether oxygens (including phenoxy) is 1. The molecule has 0 bridgehead atoms. The standard InChI is InChI=1S/C23H34N4O2.HI/c1-2-24-23(25-12-6-15-28-19-22-7-5-16-29-22)26-17-20-8-10-21(11-9-20)18-27-13-3-4-14-27;/h5,7-11,16H,2-4,6,12-15,17-19H2,1H3,(H2,24,25,26);1H. The smallest absolute Gasteiger partial charge is 0.191 e. The fourth-order valence-corrected chi connectivity index (χ4v) is 3.41. The quantitative estimate of drug-likeness (QED) is 0.199. The Hall–Kier alpha value is -1.58. The van der Waals surface area contributed by atoms with Gasteiger partial charge in [0.25, 0.3) is 0 Å². The van der Waals surface area contributed by atoms with Crippen molar-refractivity contribution < 1.29 is 9.15 Å². The van der Waals surface area contributed by atoms with Crippen LogP contribution in [0.4, 0.5) is 0 Å². The van der Waals surface area contributed by atoms with Crippen LogP contribution in [0.15, 0.2) is 52.1 Å². The monoisotopic (exact) mass is 526 g/mol. The summed E-state index contributed by atoms with van der Waals surface area (Å²) in [6.45, 7) is 9.16. The van der Waals surface area contributed by atoms with Gasteiger partial charge in [0.15, 0.2) is 5.96 Å². The maximum atomic E-state index is 5.61. The highest BCUT2D eigenvalue weighted by molar-refractivity contribution is 14.0. The van der Waals surface area contributed by atoms with Crippen molar-refractivity contribution in [1.82, 2.24) is 15.5 Å². The summed E-state index contributed by atoms with van der Waals surface area (Å²) in [5.41, 5.74) is 2.62. The van der Waals surface area contributed by atoms with Crippen LogP contribution < -0.4 is 10.6 Å². The summed E-state index contributed by atoms with van der Waals surface area (Å²) in [4.78, 5) is 7.23. The van der Waals surface area contributed by atoms with Gasteiger partial charge in [-0.25, -0.2) is 4.99 Å². The Balaban J connectivity index is 0.00000320. The predicted octanol–water partition coefficient (Wildman–Crippen LogP) is 4.16. The molecule has 166 valence electrons. The Morgan fingerprint density at radius 2 is 1.87 bits per heavy atom. The van der Waals surface area contributed by atoms with Gasteiger partial charge in [0.2, 0.25) is 0 Å². The zero-order valence-corrected chi connectivity index (χ0v) is 20.3. The molecule has 0 aliphatic carbocycles. The third-order valence-electron chi connectivity index (χ3n) is 4.97. The van der Waals surface area contributed by atoms with E-state index < -0.39 is 0 Å². The number of halogens is 1. The lowest BCUT2D eigenvalue weighted by molar-refractivity contribution is 0.105. The Labute approximate surface area is 197 Å². The van der Waals surface area contributed by atoms with E-state index >= 15 is 0 Å². The Kier molecular flexibility index (Phi) is 11.9. The second kappa shape index (κ2) is 14.4. The van der Waals surface area contributed by atoms with Crippen LogP contribution in [0.25, 0.3) is 0 Å². The molecule has 2 N–H and O–H groups in total. The van der Waals surface area contributed by atoms with Crippen molar-refractivity contribution in [3.63, 3.8) is 0 Å². The van der Waals surface area contributed by atoms with Gasteiger partial charge in [-0.15, -0.1) is 24.0 Å². The molecule has 1 aliphatic rings. The van der Waals surface area contributed by atoms with Crippen LogP contribution in [0.1, 0.15) is 43.1 Å². The van der Waals surface area contributed by atoms with Gasteiger partial charge in [-0.1, -0.05) is 24.3 Å². The van der Waals surface area contributed by atoms with E-state index in [1.165, 1.54) is 37.1 Å². The van der Waals surface area contributed by atoms with Crippen molar-refractivity contribution in [2.45, 2.75) is 45.9 Å².